The third kappa shape index (κ3) is 2.71. The quantitative estimate of drug-likeness (QED) is 0.925. The second-order valence-corrected chi connectivity index (χ2v) is 3.67. The minimum absolute atomic E-state index is 0.406. The second kappa shape index (κ2) is 4.22. The van der Waals surface area contributed by atoms with Crippen LogP contribution in [-0.4, -0.2) is 11.1 Å². The molecule has 1 aromatic carbocycles. The molecule has 0 atom stereocenters. The Labute approximate surface area is 91.8 Å². The molecule has 0 aliphatic rings. The lowest BCUT2D eigenvalue weighted by Gasteiger charge is -2.16. The Bertz CT molecular complexity index is 393. The highest BCUT2D eigenvalue weighted by atomic mass is 79.9. The number of aliphatic carboxylic acids is 1. The third-order valence-electron chi connectivity index (χ3n) is 1.72. The molecule has 1 rings (SSSR count). The standard InChI is InChI=1S/C9H6BrF3O2/c10-8-5(2-1-3-6(8)11)9(12,13)4-7(14)15/h1-3H,4H2,(H,14,15). The van der Waals surface area contributed by atoms with Gasteiger partial charge < -0.3 is 5.11 Å². The number of hydrogen-bond donors (Lipinski definition) is 1. The van der Waals surface area contributed by atoms with E-state index in [1.807, 2.05) is 0 Å². The molecule has 0 saturated heterocycles. The lowest BCUT2D eigenvalue weighted by molar-refractivity contribution is -0.145. The van der Waals surface area contributed by atoms with E-state index in [2.05, 4.69) is 15.9 Å². The van der Waals surface area contributed by atoms with Crippen molar-refractivity contribution in [3.8, 4) is 0 Å². The van der Waals surface area contributed by atoms with Crippen LogP contribution in [0.4, 0.5) is 13.2 Å². The van der Waals surface area contributed by atoms with Crippen LogP contribution in [0.3, 0.4) is 0 Å². The van der Waals surface area contributed by atoms with E-state index in [0.717, 1.165) is 18.2 Å². The van der Waals surface area contributed by atoms with Gasteiger partial charge in [-0.1, -0.05) is 12.1 Å². The number of carboxylic acids is 1. The van der Waals surface area contributed by atoms with Gasteiger partial charge in [0.1, 0.15) is 12.2 Å². The minimum Gasteiger partial charge on any atom is -0.481 e. The van der Waals surface area contributed by atoms with E-state index in [4.69, 9.17) is 5.11 Å². The summed E-state index contributed by atoms with van der Waals surface area (Å²) >= 11 is 2.66. The SMILES string of the molecule is O=C(O)CC(F)(F)c1cccc(F)c1Br. The Morgan fingerprint density at radius 1 is 1.47 bits per heavy atom. The van der Waals surface area contributed by atoms with E-state index >= 15 is 0 Å². The maximum Gasteiger partial charge on any atom is 0.309 e. The zero-order valence-corrected chi connectivity index (χ0v) is 8.89. The molecule has 82 valence electrons. The van der Waals surface area contributed by atoms with Crippen LogP contribution in [-0.2, 0) is 10.7 Å². The number of carboxylic acid groups (broad SMARTS) is 1. The van der Waals surface area contributed by atoms with Crippen molar-refractivity contribution in [2.45, 2.75) is 12.3 Å². The van der Waals surface area contributed by atoms with E-state index in [-0.39, 0.29) is 0 Å². The van der Waals surface area contributed by atoms with Crippen LogP contribution in [0.15, 0.2) is 22.7 Å². The smallest absolute Gasteiger partial charge is 0.309 e. The maximum atomic E-state index is 13.3. The van der Waals surface area contributed by atoms with E-state index in [1.54, 1.807) is 0 Å². The lowest BCUT2D eigenvalue weighted by atomic mass is 10.1. The Balaban J connectivity index is 3.14. The van der Waals surface area contributed by atoms with Gasteiger partial charge in [0.05, 0.1) is 4.47 Å². The summed E-state index contributed by atoms with van der Waals surface area (Å²) in [6.45, 7) is 0. The largest absolute Gasteiger partial charge is 0.481 e. The van der Waals surface area contributed by atoms with Crippen molar-refractivity contribution in [2.24, 2.45) is 0 Å². The topological polar surface area (TPSA) is 37.3 Å². The zero-order valence-electron chi connectivity index (χ0n) is 7.31. The molecule has 1 N–H and O–H groups in total. The van der Waals surface area contributed by atoms with Gasteiger partial charge in [0.25, 0.3) is 5.92 Å². The molecule has 0 bridgehead atoms. The van der Waals surface area contributed by atoms with Crippen LogP contribution in [0, 0.1) is 5.82 Å². The van der Waals surface area contributed by atoms with Crippen molar-refractivity contribution in [2.75, 3.05) is 0 Å². The number of benzene rings is 1. The average molecular weight is 283 g/mol. The highest BCUT2D eigenvalue weighted by Gasteiger charge is 2.37. The fraction of sp³-hybridized carbons (Fsp3) is 0.222. The van der Waals surface area contributed by atoms with Crippen molar-refractivity contribution in [3.05, 3.63) is 34.1 Å². The summed E-state index contributed by atoms with van der Waals surface area (Å²) in [5.74, 6) is -6.08. The molecule has 0 radical (unpaired) electrons. The maximum absolute atomic E-state index is 13.3. The number of rotatable bonds is 3. The lowest BCUT2D eigenvalue weighted by Crippen LogP contribution is -2.19. The first-order valence-corrected chi connectivity index (χ1v) is 4.68. The van der Waals surface area contributed by atoms with Crippen molar-refractivity contribution < 1.29 is 23.1 Å². The van der Waals surface area contributed by atoms with Crippen LogP contribution in [0.5, 0.6) is 0 Å². The van der Waals surface area contributed by atoms with Crippen molar-refractivity contribution in [3.63, 3.8) is 0 Å². The first-order chi connectivity index (χ1) is 6.84. The monoisotopic (exact) mass is 282 g/mol. The molecular weight excluding hydrogens is 277 g/mol. The molecule has 15 heavy (non-hydrogen) atoms. The van der Waals surface area contributed by atoms with Crippen LogP contribution >= 0.6 is 15.9 Å². The Morgan fingerprint density at radius 2 is 2.07 bits per heavy atom. The molecule has 6 heteroatoms. The highest BCUT2D eigenvalue weighted by Crippen LogP contribution is 2.37. The Morgan fingerprint density at radius 3 is 2.60 bits per heavy atom. The first kappa shape index (κ1) is 12.0. The van der Waals surface area contributed by atoms with E-state index in [9.17, 15) is 18.0 Å². The first-order valence-electron chi connectivity index (χ1n) is 3.88. The summed E-state index contributed by atoms with van der Waals surface area (Å²) in [6, 6.07) is 3.09. The summed E-state index contributed by atoms with van der Waals surface area (Å²) in [5, 5.41) is 8.28. The van der Waals surface area contributed by atoms with Gasteiger partial charge in [-0.05, 0) is 22.0 Å². The fourth-order valence-electron chi connectivity index (χ4n) is 1.07. The fourth-order valence-corrected chi connectivity index (χ4v) is 1.63. The molecule has 0 aliphatic heterocycles. The molecule has 1 aromatic rings. The molecule has 0 amide bonds. The van der Waals surface area contributed by atoms with Crippen molar-refractivity contribution in [1.82, 2.24) is 0 Å². The average Bonchev–Trinajstić information content (AvgIpc) is 2.07. The molecular formula is C9H6BrF3O2. The summed E-state index contributed by atoms with van der Waals surface area (Å²) in [6.07, 6.45) is -1.37. The van der Waals surface area contributed by atoms with Gasteiger partial charge in [-0.2, -0.15) is 0 Å². The van der Waals surface area contributed by atoms with E-state index in [0.29, 0.717) is 0 Å². The van der Waals surface area contributed by atoms with E-state index < -0.39 is 34.2 Å². The van der Waals surface area contributed by atoms with Gasteiger partial charge in [0.2, 0.25) is 0 Å². The summed E-state index contributed by atoms with van der Waals surface area (Å²) in [4.78, 5) is 10.2. The van der Waals surface area contributed by atoms with Crippen LogP contribution < -0.4 is 0 Å². The number of hydrogen-bond acceptors (Lipinski definition) is 1. The number of carbonyl (C=O) groups is 1. The van der Waals surface area contributed by atoms with E-state index in [1.165, 1.54) is 0 Å². The molecule has 0 unspecified atom stereocenters. The normalized spacial score (nSPS) is 11.5. The summed E-state index contributed by atoms with van der Waals surface area (Å²) < 4.78 is 39.1. The van der Waals surface area contributed by atoms with Gasteiger partial charge in [-0.15, -0.1) is 0 Å². The van der Waals surface area contributed by atoms with Crippen LogP contribution in [0.2, 0.25) is 0 Å². The zero-order chi connectivity index (χ0) is 11.6. The predicted octanol–water partition coefficient (Wildman–Crippen LogP) is 3.15. The molecule has 0 fully saturated rings. The number of alkyl halides is 2. The second-order valence-electron chi connectivity index (χ2n) is 2.88. The van der Waals surface area contributed by atoms with Crippen LogP contribution in [0.25, 0.3) is 0 Å². The summed E-state index contributed by atoms with van der Waals surface area (Å²) in [5.41, 5.74) is -0.662. The van der Waals surface area contributed by atoms with Gasteiger partial charge in [0, 0.05) is 5.56 Å². The third-order valence-corrected chi connectivity index (χ3v) is 2.52. The van der Waals surface area contributed by atoms with Gasteiger partial charge in [0.15, 0.2) is 0 Å². The predicted molar refractivity (Wildman–Crippen MR) is 50.2 cm³/mol. The van der Waals surface area contributed by atoms with Gasteiger partial charge in [-0.25, -0.2) is 13.2 Å². The van der Waals surface area contributed by atoms with Crippen molar-refractivity contribution in [1.29, 1.82) is 0 Å². The van der Waals surface area contributed by atoms with Gasteiger partial charge >= 0.3 is 5.97 Å². The molecule has 0 aromatic heterocycles. The molecule has 0 spiro atoms. The highest BCUT2D eigenvalue weighted by molar-refractivity contribution is 9.10. The number of halogens is 4. The molecule has 0 aliphatic carbocycles. The Kier molecular flexibility index (Phi) is 3.38. The van der Waals surface area contributed by atoms with Gasteiger partial charge in [-0.3, -0.25) is 4.79 Å². The van der Waals surface area contributed by atoms with Crippen LogP contribution in [0.1, 0.15) is 12.0 Å². The Hall–Kier alpha value is -1.04. The molecule has 0 heterocycles. The molecule has 2 nitrogen and oxygen atoms in total. The summed E-state index contributed by atoms with van der Waals surface area (Å²) in [7, 11) is 0. The minimum atomic E-state index is -3.59. The van der Waals surface area contributed by atoms with Crippen molar-refractivity contribution >= 4 is 21.9 Å². The molecule has 0 saturated carbocycles.